The van der Waals surface area contributed by atoms with E-state index in [0.29, 0.717) is 12.0 Å². The van der Waals surface area contributed by atoms with Gasteiger partial charge in [-0.25, -0.2) is 0 Å². The minimum atomic E-state index is 0.176. The maximum atomic E-state index is 5.90. The number of rotatable bonds is 4. The van der Waals surface area contributed by atoms with Gasteiger partial charge >= 0.3 is 0 Å². The molecular formula is C16H21N3OS. The maximum Gasteiger partial charge on any atom is 0.205 e. The van der Waals surface area contributed by atoms with Crippen molar-refractivity contribution in [3.8, 4) is 0 Å². The largest absolute Gasteiger partial charge is 0.373 e. The third kappa shape index (κ3) is 3.60. The summed E-state index contributed by atoms with van der Waals surface area (Å²) in [5.74, 6) is 0.435. The first kappa shape index (κ1) is 14.5. The summed E-state index contributed by atoms with van der Waals surface area (Å²) in [5.41, 5.74) is 1.25. The van der Waals surface area contributed by atoms with E-state index < -0.39 is 0 Å². The fourth-order valence-electron chi connectivity index (χ4n) is 2.53. The lowest BCUT2D eigenvalue weighted by atomic mass is 9.98. The van der Waals surface area contributed by atoms with Gasteiger partial charge in [0.05, 0.1) is 6.10 Å². The van der Waals surface area contributed by atoms with E-state index >= 15 is 0 Å². The Kier molecular flexibility index (Phi) is 4.51. The first-order chi connectivity index (χ1) is 10.2. The highest BCUT2D eigenvalue weighted by Crippen LogP contribution is 2.31. The van der Waals surface area contributed by atoms with Crippen LogP contribution in [0.15, 0.2) is 30.3 Å². The molecule has 1 fully saturated rings. The summed E-state index contributed by atoms with van der Waals surface area (Å²) in [7, 11) is 0. The van der Waals surface area contributed by atoms with E-state index in [4.69, 9.17) is 4.74 Å². The lowest BCUT2D eigenvalue weighted by molar-refractivity contribution is 0.00979. The average molecular weight is 303 g/mol. The monoisotopic (exact) mass is 303 g/mol. The zero-order valence-electron chi connectivity index (χ0n) is 12.5. The molecule has 2 heterocycles. The molecule has 5 heteroatoms. The Morgan fingerprint density at radius 3 is 2.76 bits per heavy atom. The van der Waals surface area contributed by atoms with Crippen LogP contribution in [0.4, 0.5) is 5.13 Å². The molecule has 1 N–H and O–H groups in total. The molecule has 0 bridgehead atoms. The summed E-state index contributed by atoms with van der Waals surface area (Å²) in [5, 5.41) is 14.0. The van der Waals surface area contributed by atoms with Crippen LogP contribution in [-0.2, 0) is 4.74 Å². The topological polar surface area (TPSA) is 47.0 Å². The molecular weight excluding hydrogens is 282 g/mol. The number of hydrogen-bond donors (Lipinski definition) is 1. The number of aromatic nitrogens is 2. The average Bonchev–Trinajstić information content (AvgIpc) is 2.97. The van der Waals surface area contributed by atoms with Crippen molar-refractivity contribution in [2.24, 2.45) is 0 Å². The van der Waals surface area contributed by atoms with Crippen molar-refractivity contribution in [1.82, 2.24) is 10.2 Å². The predicted molar refractivity (Wildman–Crippen MR) is 85.8 cm³/mol. The van der Waals surface area contributed by atoms with Crippen LogP contribution in [0.25, 0.3) is 0 Å². The van der Waals surface area contributed by atoms with Crippen molar-refractivity contribution in [2.75, 3.05) is 11.9 Å². The van der Waals surface area contributed by atoms with E-state index in [1.807, 2.05) is 6.07 Å². The van der Waals surface area contributed by atoms with E-state index in [-0.39, 0.29) is 6.10 Å². The van der Waals surface area contributed by atoms with Gasteiger partial charge in [0.2, 0.25) is 5.13 Å². The fraction of sp³-hybridized carbons (Fsp3) is 0.500. The molecule has 2 unspecified atom stereocenters. The zero-order chi connectivity index (χ0) is 14.7. The van der Waals surface area contributed by atoms with Gasteiger partial charge in [0, 0.05) is 18.6 Å². The summed E-state index contributed by atoms with van der Waals surface area (Å²) >= 11 is 1.66. The van der Waals surface area contributed by atoms with Gasteiger partial charge in [0.1, 0.15) is 5.01 Å². The van der Waals surface area contributed by atoms with Crippen molar-refractivity contribution in [3.05, 3.63) is 40.9 Å². The highest BCUT2D eigenvalue weighted by Gasteiger charge is 2.24. The number of benzene rings is 1. The molecule has 0 radical (unpaired) electrons. The van der Waals surface area contributed by atoms with Gasteiger partial charge < -0.3 is 10.1 Å². The minimum Gasteiger partial charge on any atom is -0.373 e. The Balaban J connectivity index is 1.63. The van der Waals surface area contributed by atoms with Crippen LogP contribution in [0.5, 0.6) is 0 Å². The van der Waals surface area contributed by atoms with E-state index in [1.165, 1.54) is 5.56 Å². The molecule has 112 valence electrons. The zero-order valence-corrected chi connectivity index (χ0v) is 13.3. The smallest absolute Gasteiger partial charge is 0.205 e. The quantitative estimate of drug-likeness (QED) is 0.927. The van der Waals surface area contributed by atoms with Crippen LogP contribution in [0.2, 0.25) is 0 Å². The number of hydrogen-bond acceptors (Lipinski definition) is 5. The number of ether oxygens (including phenoxy) is 1. The molecule has 2 aromatic rings. The van der Waals surface area contributed by atoms with Gasteiger partial charge in [-0.05, 0) is 18.4 Å². The summed E-state index contributed by atoms with van der Waals surface area (Å²) in [4.78, 5) is 0. The van der Waals surface area contributed by atoms with Gasteiger partial charge in [0.15, 0.2) is 0 Å². The first-order valence-corrected chi connectivity index (χ1v) is 8.30. The molecule has 0 amide bonds. The Morgan fingerprint density at radius 1 is 1.24 bits per heavy atom. The Hall–Kier alpha value is -1.46. The van der Waals surface area contributed by atoms with Gasteiger partial charge in [-0.1, -0.05) is 55.5 Å². The summed E-state index contributed by atoms with van der Waals surface area (Å²) in [6.45, 7) is 5.07. The maximum absolute atomic E-state index is 5.90. The van der Waals surface area contributed by atoms with Gasteiger partial charge in [-0.3, -0.25) is 0 Å². The summed E-state index contributed by atoms with van der Waals surface area (Å²) in [6.07, 6.45) is 2.16. The molecule has 4 nitrogen and oxygen atoms in total. The standard InChI is InChI=1S/C16H21N3OS/c1-11(2)15-18-19-16(21-15)17-13-8-9-20-14(10-13)12-6-4-3-5-7-12/h3-7,11,13-14H,8-10H2,1-2H3,(H,17,19). The van der Waals surface area contributed by atoms with Gasteiger partial charge in [-0.15, -0.1) is 10.2 Å². The molecule has 0 aliphatic carbocycles. The third-order valence-corrected chi connectivity index (χ3v) is 4.87. The predicted octanol–water partition coefficient (Wildman–Crippen LogP) is 3.99. The van der Waals surface area contributed by atoms with Crippen molar-refractivity contribution < 1.29 is 4.74 Å². The molecule has 1 aromatic carbocycles. The molecule has 0 saturated carbocycles. The first-order valence-electron chi connectivity index (χ1n) is 7.49. The van der Waals surface area contributed by atoms with Crippen LogP contribution >= 0.6 is 11.3 Å². The highest BCUT2D eigenvalue weighted by molar-refractivity contribution is 7.15. The van der Waals surface area contributed by atoms with Crippen LogP contribution in [0, 0.1) is 0 Å². The second kappa shape index (κ2) is 6.54. The molecule has 1 aromatic heterocycles. The lowest BCUT2D eigenvalue weighted by Crippen LogP contribution is -2.30. The van der Waals surface area contributed by atoms with E-state index in [1.54, 1.807) is 11.3 Å². The minimum absolute atomic E-state index is 0.176. The molecule has 0 spiro atoms. The van der Waals surface area contributed by atoms with E-state index in [9.17, 15) is 0 Å². The van der Waals surface area contributed by atoms with E-state index in [0.717, 1.165) is 29.6 Å². The molecule has 2 atom stereocenters. The van der Waals surface area contributed by atoms with Crippen LogP contribution < -0.4 is 5.32 Å². The Labute approximate surface area is 129 Å². The SMILES string of the molecule is CC(C)c1nnc(NC2CCOC(c3ccccc3)C2)s1. The molecule has 21 heavy (non-hydrogen) atoms. The highest BCUT2D eigenvalue weighted by atomic mass is 32.1. The number of nitrogens with zero attached hydrogens (tertiary/aromatic N) is 2. The Morgan fingerprint density at radius 2 is 2.05 bits per heavy atom. The van der Waals surface area contributed by atoms with Crippen molar-refractivity contribution >= 4 is 16.5 Å². The molecule has 1 aliphatic heterocycles. The number of nitrogens with one attached hydrogen (secondary N) is 1. The van der Waals surface area contributed by atoms with Crippen molar-refractivity contribution in [2.45, 2.75) is 44.8 Å². The van der Waals surface area contributed by atoms with Crippen LogP contribution in [0.3, 0.4) is 0 Å². The summed E-state index contributed by atoms with van der Waals surface area (Å²) in [6, 6.07) is 10.8. The second-order valence-corrected chi connectivity index (χ2v) is 6.75. The number of anilines is 1. The van der Waals surface area contributed by atoms with Gasteiger partial charge in [-0.2, -0.15) is 0 Å². The summed E-state index contributed by atoms with van der Waals surface area (Å²) < 4.78 is 5.90. The van der Waals surface area contributed by atoms with Crippen LogP contribution in [-0.4, -0.2) is 22.8 Å². The molecule has 3 rings (SSSR count). The van der Waals surface area contributed by atoms with Crippen molar-refractivity contribution in [1.29, 1.82) is 0 Å². The Bertz CT molecular complexity index is 570. The molecule has 1 aliphatic rings. The normalized spacial score (nSPS) is 22.4. The fourth-order valence-corrected chi connectivity index (χ4v) is 3.35. The lowest BCUT2D eigenvalue weighted by Gasteiger charge is -2.30. The third-order valence-electron chi connectivity index (χ3n) is 3.72. The second-order valence-electron chi connectivity index (χ2n) is 5.74. The van der Waals surface area contributed by atoms with Crippen molar-refractivity contribution in [3.63, 3.8) is 0 Å². The molecule has 1 saturated heterocycles. The van der Waals surface area contributed by atoms with Crippen LogP contribution in [0.1, 0.15) is 49.3 Å². The van der Waals surface area contributed by atoms with Gasteiger partial charge in [0.25, 0.3) is 0 Å². The van der Waals surface area contributed by atoms with E-state index in [2.05, 4.69) is 53.6 Å².